The van der Waals surface area contributed by atoms with Crippen molar-refractivity contribution in [1.82, 2.24) is 0 Å². The minimum absolute atomic E-state index is 0.00411. The maximum absolute atomic E-state index is 12.9. The van der Waals surface area contributed by atoms with Crippen molar-refractivity contribution in [2.45, 2.75) is 4.90 Å². The molecule has 0 spiro atoms. The van der Waals surface area contributed by atoms with Crippen LogP contribution in [0.4, 0.5) is 5.69 Å². The molecule has 0 aliphatic rings. The first-order valence-corrected chi connectivity index (χ1v) is 9.07. The quantitative estimate of drug-likeness (QED) is 0.713. The highest BCUT2D eigenvalue weighted by molar-refractivity contribution is 7.92. The molecule has 0 radical (unpaired) electrons. The topological polar surface area (TPSA) is 89.7 Å². The lowest BCUT2D eigenvalue weighted by molar-refractivity contribution is -0.116. The molecule has 0 aliphatic heterocycles. The zero-order valence-corrected chi connectivity index (χ0v) is 14.8. The van der Waals surface area contributed by atoms with Gasteiger partial charge < -0.3 is 10.5 Å². The Bertz CT molecular complexity index is 866. The Morgan fingerprint density at radius 2 is 1.92 bits per heavy atom. The van der Waals surface area contributed by atoms with E-state index < -0.39 is 22.5 Å². The standard InChI is InChI=1S/C17H17ClN2O4S/c1-2-10-24-15-5-3-4-14(11-15)20(12-17(19)21)25(22,23)16-8-6-13(18)7-9-16/h2-9,11H,1,10,12H2,(H2,19,21). The minimum Gasteiger partial charge on any atom is -0.489 e. The number of hydrogen-bond donors (Lipinski definition) is 1. The number of carbonyl (C=O) groups is 1. The smallest absolute Gasteiger partial charge is 0.264 e. The Morgan fingerprint density at radius 1 is 1.24 bits per heavy atom. The molecule has 0 atom stereocenters. The van der Waals surface area contributed by atoms with Crippen LogP contribution in [0.15, 0.2) is 66.1 Å². The first-order valence-electron chi connectivity index (χ1n) is 7.25. The number of nitrogens with zero attached hydrogens (tertiary/aromatic N) is 1. The molecule has 0 saturated carbocycles. The Hall–Kier alpha value is -2.51. The second-order valence-electron chi connectivity index (χ2n) is 5.03. The molecule has 1 amide bonds. The molecule has 0 fully saturated rings. The molecule has 0 aromatic heterocycles. The third-order valence-corrected chi connectivity index (χ3v) is 5.21. The van der Waals surface area contributed by atoms with E-state index in [1.807, 2.05) is 0 Å². The number of halogens is 1. The number of anilines is 1. The monoisotopic (exact) mass is 380 g/mol. The summed E-state index contributed by atoms with van der Waals surface area (Å²) in [6, 6.07) is 12.0. The van der Waals surface area contributed by atoms with Crippen LogP contribution in [0.1, 0.15) is 0 Å². The lowest BCUT2D eigenvalue weighted by Crippen LogP contribution is -2.38. The number of sulfonamides is 1. The second kappa shape index (κ2) is 8.04. The van der Waals surface area contributed by atoms with Crippen molar-refractivity contribution < 1.29 is 17.9 Å². The average Bonchev–Trinajstić information content (AvgIpc) is 2.58. The van der Waals surface area contributed by atoms with Gasteiger partial charge in [-0.05, 0) is 36.4 Å². The number of nitrogens with two attached hydrogens (primary N) is 1. The van der Waals surface area contributed by atoms with Gasteiger partial charge in [-0.25, -0.2) is 8.42 Å². The van der Waals surface area contributed by atoms with E-state index in [1.54, 1.807) is 24.3 Å². The molecule has 2 aromatic carbocycles. The SMILES string of the molecule is C=CCOc1cccc(N(CC(N)=O)S(=O)(=O)c2ccc(Cl)cc2)c1. The molecule has 6 nitrogen and oxygen atoms in total. The Labute approximate surface area is 151 Å². The third-order valence-electron chi connectivity index (χ3n) is 3.17. The molecule has 0 saturated heterocycles. The highest BCUT2D eigenvalue weighted by Gasteiger charge is 2.26. The van der Waals surface area contributed by atoms with Crippen LogP contribution in [0, 0.1) is 0 Å². The largest absolute Gasteiger partial charge is 0.489 e. The second-order valence-corrected chi connectivity index (χ2v) is 7.33. The zero-order chi connectivity index (χ0) is 18.4. The molecule has 25 heavy (non-hydrogen) atoms. The molecule has 2 rings (SSSR count). The van der Waals surface area contributed by atoms with Crippen LogP contribution in [0.2, 0.25) is 5.02 Å². The summed E-state index contributed by atoms with van der Waals surface area (Å²) >= 11 is 5.80. The van der Waals surface area contributed by atoms with Gasteiger partial charge in [-0.3, -0.25) is 9.10 Å². The van der Waals surface area contributed by atoms with E-state index in [2.05, 4.69) is 6.58 Å². The van der Waals surface area contributed by atoms with Gasteiger partial charge in [0.1, 0.15) is 18.9 Å². The predicted molar refractivity (Wildman–Crippen MR) is 97.3 cm³/mol. The lowest BCUT2D eigenvalue weighted by Gasteiger charge is -2.23. The lowest BCUT2D eigenvalue weighted by atomic mass is 10.3. The molecule has 0 aliphatic carbocycles. The van der Waals surface area contributed by atoms with E-state index in [9.17, 15) is 13.2 Å². The maximum atomic E-state index is 12.9. The van der Waals surface area contributed by atoms with Crippen LogP contribution in [0.3, 0.4) is 0 Å². The molecule has 2 aromatic rings. The number of ether oxygens (including phenoxy) is 1. The van der Waals surface area contributed by atoms with Crippen molar-refractivity contribution in [2.24, 2.45) is 5.73 Å². The first kappa shape index (κ1) is 18.8. The van der Waals surface area contributed by atoms with E-state index in [1.165, 1.54) is 30.3 Å². The number of benzene rings is 2. The number of rotatable bonds is 8. The maximum Gasteiger partial charge on any atom is 0.264 e. The van der Waals surface area contributed by atoms with Crippen molar-refractivity contribution in [2.75, 3.05) is 17.5 Å². The summed E-state index contributed by atoms with van der Waals surface area (Å²) in [5, 5.41) is 0.403. The van der Waals surface area contributed by atoms with Crippen LogP contribution in [-0.4, -0.2) is 27.5 Å². The fourth-order valence-corrected chi connectivity index (χ4v) is 3.62. The molecule has 0 unspecified atom stereocenters. The first-order chi connectivity index (χ1) is 11.8. The summed E-state index contributed by atoms with van der Waals surface area (Å²) in [5.74, 6) is -0.340. The van der Waals surface area contributed by atoms with Gasteiger partial charge in [0.05, 0.1) is 10.6 Å². The number of carbonyl (C=O) groups excluding carboxylic acids is 1. The highest BCUT2D eigenvalue weighted by Crippen LogP contribution is 2.27. The third kappa shape index (κ3) is 4.74. The number of amides is 1. The average molecular weight is 381 g/mol. The van der Waals surface area contributed by atoms with Gasteiger partial charge in [0.25, 0.3) is 10.0 Å². The summed E-state index contributed by atoms with van der Waals surface area (Å²) in [5.41, 5.74) is 5.50. The summed E-state index contributed by atoms with van der Waals surface area (Å²) in [6.45, 7) is 3.32. The van der Waals surface area contributed by atoms with E-state index in [-0.39, 0.29) is 17.2 Å². The van der Waals surface area contributed by atoms with E-state index in [0.717, 1.165) is 4.31 Å². The van der Waals surface area contributed by atoms with Crippen molar-refractivity contribution in [3.8, 4) is 5.75 Å². The van der Waals surface area contributed by atoms with Gasteiger partial charge in [0.15, 0.2) is 0 Å². The number of hydrogen-bond acceptors (Lipinski definition) is 4. The van der Waals surface area contributed by atoms with Crippen molar-refractivity contribution in [3.05, 3.63) is 66.2 Å². The normalized spacial score (nSPS) is 10.9. The van der Waals surface area contributed by atoms with Crippen molar-refractivity contribution >= 4 is 33.2 Å². The van der Waals surface area contributed by atoms with Crippen molar-refractivity contribution in [3.63, 3.8) is 0 Å². The van der Waals surface area contributed by atoms with Gasteiger partial charge in [-0.1, -0.05) is 30.3 Å². The van der Waals surface area contributed by atoms with Gasteiger partial charge in [0.2, 0.25) is 5.91 Å². The Morgan fingerprint density at radius 3 is 2.52 bits per heavy atom. The molecular weight excluding hydrogens is 364 g/mol. The van der Waals surface area contributed by atoms with Crippen molar-refractivity contribution in [1.29, 1.82) is 0 Å². The van der Waals surface area contributed by atoms with Gasteiger partial charge in [0, 0.05) is 11.1 Å². The molecular formula is C17H17ClN2O4S. The summed E-state index contributed by atoms with van der Waals surface area (Å²) in [7, 11) is -4.01. The molecule has 0 heterocycles. The molecule has 8 heteroatoms. The summed E-state index contributed by atoms with van der Waals surface area (Å²) in [6.07, 6.45) is 1.57. The molecule has 132 valence electrons. The predicted octanol–water partition coefficient (Wildman–Crippen LogP) is 2.59. The van der Waals surface area contributed by atoms with E-state index in [4.69, 9.17) is 22.1 Å². The van der Waals surface area contributed by atoms with E-state index in [0.29, 0.717) is 10.8 Å². The van der Waals surface area contributed by atoms with Crippen LogP contribution in [0.25, 0.3) is 0 Å². The van der Waals surface area contributed by atoms with Crippen LogP contribution in [-0.2, 0) is 14.8 Å². The van der Waals surface area contributed by atoms with Crippen LogP contribution in [0.5, 0.6) is 5.75 Å². The van der Waals surface area contributed by atoms with Gasteiger partial charge >= 0.3 is 0 Å². The molecule has 2 N–H and O–H groups in total. The zero-order valence-electron chi connectivity index (χ0n) is 13.3. The van der Waals surface area contributed by atoms with Crippen LogP contribution >= 0.6 is 11.6 Å². The number of primary amides is 1. The highest BCUT2D eigenvalue weighted by atomic mass is 35.5. The molecule has 0 bridgehead atoms. The fourth-order valence-electron chi connectivity index (χ4n) is 2.07. The summed E-state index contributed by atoms with van der Waals surface area (Å²) < 4.78 is 32.2. The van der Waals surface area contributed by atoms with Crippen LogP contribution < -0.4 is 14.8 Å². The minimum atomic E-state index is -4.01. The fraction of sp³-hybridized carbons (Fsp3) is 0.118. The van der Waals surface area contributed by atoms with Gasteiger partial charge in [-0.15, -0.1) is 0 Å². The summed E-state index contributed by atoms with van der Waals surface area (Å²) in [4.78, 5) is 11.4. The van der Waals surface area contributed by atoms with Gasteiger partial charge in [-0.2, -0.15) is 0 Å². The Balaban J connectivity index is 2.47. The van der Waals surface area contributed by atoms with E-state index >= 15 is 0 Å². The Kier molecular flexibility index (Phi) is 6.06.